The Balaban J connectivity index is 1.85. The van der Waals surface area contributed by atoms with Gasteiger partial charge in [0.15, 0.2) is 0 Å². The Hall–Kier alpha value is -2.34. The zero-order chi connectivity index (χ0) is 18.7. The van der Waals surface area contributed by atoms with Gasteiger partial charge in [-0.05, 0) is 49.9 Å². The lowest BCUT2D eigenvalue weighted by Crippen LogP contribution is -2.36. The highest BCUT2D eigenvalue weighted by Crippen LogP contribution is 2.28. The van der Waals surface area contributed by atoms with Crippen LogP contribution in [0.4, 0.5) is 11.6 Å². The van der Waals surface area contributed by atoms with Gasteiger partial charge in [0.1, 0.15) is 11.4 Å². The summed E-state index contributed by atoms with van der Waals surface area (Å²) in [5.41, 5.74) is 1.60. The van der Waals surface area contributed by atoms with E-state index in [0.29, 0.717) is 34.0 Å². The van der Waals surface area contributed by atoms with Crippen molar-refractivity contribution in [3.63, 3.8) is 0 Å². The minimum Gasteiger partial charge on any atom is -0.495 e. The second-order valence-corrected chi connectivity index (χ2v) is 7.12. The topological polar surface area (TPSA) is 67.3 Å². The lowest BCUT2D eigenvalue weighted by molar-refractivity contribution is 0.102. The zero-order valence-corrected chi connectivity index (χ0v) is 16.0. The summed E-state index contributed by atoms with van der Waals surface area (Å²) in [5.74, 6) is 1.43. The monoisotopic (exact) mass is 374 g/mol. The van der Waals surface area contributed by atoms with Gasteiger partial charge in [-0.2, -0.15) is 0 Å². The summed E-state index contributed by atoms with van der Waals surface area (Å²) >= 11 is 6.03. The molecule has 1 fully saturated rings. The Morgan fingerprint density at radius 3 is 2.88 bits per heavy atom. The van der Waals surface area contributed by atoms with E-state index in [-0.39, 0.29) is 5.91 Å². The van der Waals surface area contributed by atoms with Gasteiger partial charge in [0.05, 0.1) is 12.8 Å². The first kappa shape index (κ1) is 18.5. The first-order chi connectivity index (χ1) is 12.5. The number of aryl methyl sites for hydroxylation is 1. The zero-order valence-electron chi connectivity index (χ0n) is 15.3. The minimum atomic E-state index is -0.317. The van der Waals surface area contributed by atoms with Crippen LogP contribution in [0.2, 0.25) is 5.02 Å². The molecule has 0 radical (unpaired) electrons. The van der Waals surface area contributed by atoms with E-state index in [1.807, 2.05) is 6.92 Å². The Morgan fingerprint density at radius 2 is 2.15 bits per heavy atom. The van der Waals surface area contributed by atoms with Crippen LogP contribution in [-0.4, -0.2) is 36.1 Å². The van der Waals surface area contributed by atoms with Crippen molar-refractivity contribution in [2.24, 2.45) is 5.92 Å². The summed E-state index contributed by atoms with van der Waals surface area (Å²) in [4.78, 5) is 23.9. The van der Waals surface area contributed by atoms with Crippen molar-refractivity contribution in [2.75, 3.05) is 30.4 Å². The molecule has 2 heterocycles. The van der Waals surface area contributed by atoms with Crippen molar-refractivity contribution in [1.29, 1.82) is 0 Å². The number of nitrogens with zero attached hydrogens (tertiary/aromatic N) is 3. The predicted molar refractivity (Wildman–Crippen MR) is 103 cm³/mol. The first-order valence-electron chi connectivity index (χ1n) is 8.72. The van der Waals surface area contributed by atoms with Crippen molar-refractivity contribution >= 4 is 29.1 Å². The van der Waals surface area contributed by atoms with Crippen LogP contribution < -0.4 is 15.0 Å². The number of aromatic nitrogens is 2. The Kier molecular flexibility index (Phi) is 5.61. The van der Waals surface area contributed by atoms with Gasteiger partial charge in [-0.3, -0.25) is 4.79 Å². The summed E-state index contributed by atoms with van der Waals surface area (Å²) in [6, 6.07) is 6.76. The number of rotatable bonds is 4. The lowest BCUT2D eigenvalue weighted by Gasteiger charge is -2.31. The first-order valence-corrected chi connectivity index (χ1v) is 9.09. The van der Waals surface area contributed by atoms with E-state index in [9.17, 15) is 4.79 Å². The molecule has 1 aliphatic rings. The maximum atomic E-state index is 12.7. The summed E-state index contributed by atoms with van der Waals surface area (Å²) in [6.07, 6.45) is 2.32. The fourth-order valence-corrected chi connectivity index (χ4v) is 3.32. The molecule has 0 saturated carbocycles. The average Bonchev–Trinajstić information content (AvgIpc) is 2.61. The molecule has 0 spiro atoms. The Labute approximate surface area is 158 Å². The van der Waals surface area contributed by atoms with Crippen LogP contribution >= 0.6 is 11.6 Å². The van der Waals surface area contributed by atoms with Crippen LogP contribution in [0.15, 0.2) is 24.3 Å². The van der Waals surface area contributed by atoms with E-state index in [4.69, 9.17) is 16.3 Å². The fraction of sp³-hybridized carbons (Fsp3) is 0.421. The van der Waals surface area contributed by atoms with Gasteiger partial charge < -0.3 is 15.0 Å². The number of nitrogens with one attached hydrogen (secondary N) is 1. The maximum Gasteiger partial charge on any atom is 0.274 e. The number of piperidine rings is 1. The molecule has 1 atom stereocenters. The number of carbonyl (C=O) groups is 1. The molecule has 0 bridgehead atoms. The smallest absolute Gasteiger partial charge is 0.274 e. The molecular formula is C19H23ClN4O2. The SMILES string of the molecule is COc1ccc(Cl)cc1NC(=O)c1cc(C)nc(N2CCCC(C)C2)n1. The molecule has 26 heavy (non-hydrogen) atoms. The molecule has 1 aromatic carbocycles. The summed E-state index contributed by atoms with van der Waals surface area (Å²) < 4.78 is 5.28. The standard InChI is InChI=1S/C19H23ClN4O2/c1-12-5-4-8-24(11-12)19-21-13(2)9-16(23-19)18(25)22-15-10-14(20)6-7-17(15)26-3/h6-7,9-10,12H,4-5,8,11H2,1-3H3,(H,22,25). The van der Waals surface area contributed by atoms with Gasteiger partial charge >= 0.3 is 0 Å². The highest BCUT2D eigenvalue weighted by molar-refractivity contribution is 6.31. The molecule has 138 valence electrons. The largest absolute Gasteiger partial charge is 0.495 e. The van der Waals surface area contributed by atoms with E-state index in [0.717, 1.165) is 25.2 Å². The van der Waals surface area contributed by atoms with Crippen molar-refractivity contribution in [1.82, 2.24) is 9.97 Å². The normalized spacial score (nSPS) is 17.1. The second kappa shape index (κ2) is 7.91. The number of carbonyl (C=O) groups excluding carboxylic acids is 1. The summed E-state index contributed by atoms with van der Waals surface area (Å²) in [7, 11) is 1.54. The lowest BCUT2D eigenvalue weighted by atomic mass is 10.0. The predicted octanol–water partition coefficient (Wildman–Crippen LogP) is 3.94. The number of benzene rings is 1. The summed E-state index contributed by atoms with van der Waals surface area (Å²) in [5, 5.41) is 3.34. The molecule has 1 amide bonds. The quantitative estimate of drug-likeness (QED) is 0.878. The van der Waals surface area contributed by atoms with E-state index in [1.165, 1.54) is 6.42 Å². The fourth-order valence-electron chi connectivity index (χ4n) is 3.15. The van der Waals surface area contributed by atoms with E-state index < -0.39 is 0 Å². The van der Waals surface area contributed by atoms with Gasteiger partial charge in [-0.1, -0.05) is 18.5 Å². The van der Waals surface area contributed by atoms with Gasteiger partial charge in [0.2, 0.25) is 5.95 Å². The van der Waals surface area contributed by atoms with Crippen LogP contribution in [-0.2, 0) is 0 Å². The van der Waals surface area contributed by atoms with Gasteiger partial charge in [0.25, 0.3) is 5.91 Å². The number of anilines is 2. The second-order valence-electron chi connectivity index (χ2n) is 6.69. The van der Waals surface area contributed by atoms with Crippen LogP contribution in [0.1, 0.15) is 35.9 Å². The van der Waals surface area contributed by atoms with E-state index in [1.54, 1.807) is 31.4 Å². The minimum absolute atomic E-state index is 0.317. The van der Waals surface area contributed by atoms with Crippen LogP contribution in [0.3, 0.4) is 0 Å². The average molecular weight is 375 g/mol. The Morgan fingerprint density at radius 1 is 1.35 bits per heavy atom. The third-order valence-corrected chi connectivity index (χ3v) is 4.66. The highest BCUT2D eigenvalue weighted by atomic mass is 35.5. The Bertz CT molecular complexity index is 812. The molecule has 2 aromatic rings. The number of amides is 1. The van der Waals surface area contributed by atoms with Crippen molar-refractivity contribution < 1.29 is 9.53 Å². The van der Waals surface area contributed by atoms with Gasteiger partial charge in [-0.15, -0.1) is 0 Å². The van der Waals surface area contributed by atoms with Crippen molar-refractivity contribution in [2.45, 2.75) is 26.7 Å². The number of hydrogen-bond acceptors (Lipinski definition) is 5. The molecule has 1 aromatic heterocycles. The molecule has 1 N–H and O–H groups in total. The van der Waals surface area contributed by atoms with Crippen LogP contribution in [0.5, 0.6) is 5.75 Å². The molecule has 6 nitrogen and oxygen atoms in total. The third-order valence-electron chi connectivity index (χ3n) is 4.42. The number of methoxy groups -OCH3 is 1. The molecular weight excluding hydrogens is 352 g/mol. The summed E-state index contributed by atoms with van der Waals surface area (Å²) in [6.45, 7) is 5.92. The maximum absolute atomic E-state index is 12.7. The van der Waals surface area contributed by atoms with Crippen LogP contribution in [0.25, 0.3) is 0 Å². The van der Waals surface area contributed by atoms with Crippen molar-refractivity contribution in [3.05, 3.63) is 40.7 Å². The molecule has 1 saturated heterocycles. The third kappa shape index (κ3) is 4.25. The van der Waals surface area contributed by atoms with Crippen molar-refractivity contribution in [3.8, 4) is 5.75 Å². The highest BCUT2D eigenvalue weighted by Gasteiger charge is 2.21. The molecule has 1 unspecified atom stereocenters. The number of halogens is 1. The van der Waals surface area contributed by atoms with Gasteiger partial charge in [-0.25, -0.2) is 9.97 Å². The molecule has 7 heteroatoms. The molecule has 1 aliphatic heterocycles. The molecule has 3 rings (SSSR count). The van der Waals surface area contributed by atoms with E-state index >= 15 is 0 Å². The van der Waals surface area contributed by atoms with E-state index in [2.05, 4.69) is 27.1 Å². The van der Waals surface area contributed by atoms with Gasteiger partial charge in [0, 0.05) is 23.8 Å². The number of ether oxygens (including phenoxy) is 1. The van der Waals surface area contributed by atoms with Crippen LogP contribution in [0, 0.1) is 12.8 Å². The number of hydrogen-bond donors (Lipinski definition) is 1. The molecule has 0 aliphatic carbocycles.